The molecular weight excluding hydrogens is 348 g/mol. The van der Waals surface area contributed by atoms with Crippen LogP contribution in [0.25, 0.3) is 10.9 Å². The van der Waals surface area contributed by atoms with E-state index in [9.17, 15) is 4.79 Å². The first kappa shape index (κ1) is 18.6. The lowest BCUT2D eigenvalue weighted by Crippen LogP contribution is -2.32. The van der Waals surface area contributed by atoms with Crippen molar-refractivity contribution in [3.8, 4) is 5.75 Å². The highest BCUT2D eigenvalue weighted by molar-refractivity contribution is 5.90. The summed E-state index contributed by atoms with van der Waals surface area (Å²) >= 11 is 0. The van der Waals surface area contributed by atoms with Crippen LogP contribution in [0.5, 0.6) is 5.75 Å². The van der Waals surface area contributed by atoms with Gasteiger partial charge in [0, 0.05) is 23.1 Å². The number of nitrogens with zero attached hydrogens (tertiary/aromatic N) is 1. The second-order valence-electron chi connectivity index (χ2n) is 7.70. The number of nitrogens with one attached hydrogen (secondary N) is 1. The summed E-state index contributed by atoms with van der Waals surface area (Å²) in [6, 6.07) is 14.8. The number of carbonyl (C=O) groups is 1. The molecule has 0 spiro atoms. The minimum absolute atomic E-state index is 0.162. The van der Waals surface area contributed by atoms with Gasteiger partial charge >= 0.3 is 0 Å². The summed E-state index contributed by atoms with van der Waals surface area (Å²) in [5.41, 5.74) is 5.73. The van der Waals surface area contributed by atoms with Gasteiger partial charge in [-0.05, 0) is 69.0 Å². The molecule has 0 radical (unpaired) electrons. The van der Waals surface area contributed by atoms with Crippen molar-refractivity contribution in [3.63, 3.8) is 0 Å². The second-order valence-corrected chi connectivity index (χ2v) is 7.70. The molecule has 0 bridgehead atoms. The van der Waals surface area contributed by atoms with Crippen molar-refractivity contribution < 1.29 is 9.53 Å². The topological polar surface area (TPSA) is 45.3 Å². The molecule has 1 fully saturated rings. The lowest BCUT2D eigenvalue weighted by molar-refractivity contribution is -0.131. The highest BCUT2D eigenvalue weighted by Gasteiger charge is 2.30. The molecule has 0 saturated carbocycles. The Morgan fingerprint density at radius 1 is 1.18 bits per heavy atom. The van der Waals surface area contributed by atoms with E-state index in [1.807, 2.05) is 19.1 Å². The Kier molecular flexibility index (Phi) is 5.12. The Balaban J connectivity index is 1.56. The molecule has 146 valence electrons. The summed E-state index contributed by atoms with van der Waals surface area (Å²) in [5.74, 6) is 1.09. The van der Waals surface area contributed by atoms with Crippen LogP contribution in [0.4, 0.5) is 0 Å². The van der Waals surface area contributed by atoms with Gasteiger partial charge in [0.15, 0.2) is 0 Å². The van der Waals surface area contributed by atoms with Crippen molar-refractivity contribution in [2.45, 2.75) is 46.1 Å². The van der Waals surface area contributed by atoms with E-state index in [4.69, 9.17) is 4.74 Å². The second kappa shape index (κ2) is 7.70. The number of aromatic nitrogens is 1. The van der Waals surface area contributed by atoms with Crippen molar-refractivity contribution >= 4 is 16.8 Å². The Hall–Kier alpha value is -2.75. The molecule has 1 amide bonds. The molecule has 1 aliphatic rings. The maximum Gasteiger partial charge on any atom is 0.227 e. The van der Waals surface area contributed by atoms with Crippen molar-refractivity contribution in [1.82, 2.24) is 9.88 Å². The Morgan fingerprint density at radius 3 is 2.71 bits per heavy atom. The number of fused-ring (bicyclic) bond motifs is 1. The summed E-state index contributed by atoms with van der Waals surface area (Å²) < 4.78 is 5.55. The molecule has 0 aliphatic carbocycles. The number of rotatable bonds is 5. The molecule has 4 heteroatoms. The SMILES string of the molecule is CCOc1ccc([C@H]2CCCN2C(=O)Cc2c(C)[nH]c3ccc(C)cc23)cc1. The molecule has 1 saturated heterocycles. The van der Waals surface area contributed by atoms with Crippen LogP contribution >= 0.6 is 0 Å². The zero-order valence-electron chi connectivity index (χ0n) is 16.9. The third kappa shape index (κ3) is 3.51. The van der Waals surface area contributed by atoms with Crippen LogP contribution in [0.1, 0.15) is 48.2 Å². The van der Waals surface area contributed by atoms with Crippen LogP contribution in [0.2, 0.25) is 0 Å². The van der Waals surface area contributed by atoms with Gasteiger partial charge in [0.2, 0.25) is 5.91 Å². The van der Waals surface area contributed by atoms with E-state index in [2.05, 4.69) is 54.1 Å². The molecule has 0 unspecified atom stereocenters. The fraction of sp³-hybridized carbons (Fsp3) is 0.375. The van der Waals surface area contributed by atoms with E-state index in [0.29, 0.717) is 13.0 Å². The number of aryl methyl sites for hydroxylation is 2. The fourth-order valence-electron chi connectivity index (χ4n) is 4.34. The summed E-state index contributed by atoms with van der Waals surface area (Å²) in [7, 11) is 0. The molecule has 3 aromatic rings. The van der Waals surface area contributed by atoms with E-state index in [1.54, 1.807) is 0 Å². The van der Waals surface area contributed by atoms with Gasteiger partial charge in [0.25, 0.3) is 0 Å². The van der Waals surface area contributed by atoms with Crippen molar-refractivity contribution in [3.05, 3.63) is 64.8 Å². The predicted molar refractivity (Wildman–Crippen MR) is 113 cm³/mol. The molecule has 1 atom stereocenters. The third-order valence-electron chi connectivity index (χ3n) is 5.75. The van der Waals surface area contributed by atoms with Crippen LogP contribution in [0.15, 0.2) is 42.5 Å². The largest absolute Gasteiger partial charge is 0.494 e. The number of carbonyl (C=O) groups excluding carboxylic acids is 1. The van der Waals surface area contributed by atoms with E-state index in [1.165, 1.54) is 16.5 Å². The van der Waals surface area contributed by atoms with E-state index in [0.717, 1.165) is 41.9 Å². The normalized spacial score (nSPS) is 16.7. The first-order valence-corrected chi connectivity index (χ1v) is 10.2. The first-order chi connectivity index (χ1) is 13.6. The molecule has 1 N–H and O–H groups in total. The summed E-state index contributed by atoms with van der Waals surface area (Å²) in [6.45, 7) is 7.63. The van der Waals surface area contributed by atoms with Crippen LogP contribution in [-0.4, -0.2) is 28.9 Å². The number of likely N-dealkylation sites (tertiary alicyclic amines) is 1. The summed E-state index contributed by atoms with van der Waals surface area (Å²) in [6.07, 6.45) is 2.52. The third-order valence-corrected chi connectivity index (χ3v) is 5.75. The van der Waals surface area contributed by atoms with Crippen molar-refractivity contribution in [2.75, 3.05) is 13.2 Å². The van der Waals surface area contributed by atoms with Gasteiger partial charge < -0.3 is 14.6 Å². The lowest BCUT2D eigenvalue weighted by Gasteiger charge is -2.25. The number of aromatic amines is 1. The predicted octanol–water partition coefficient (Wildman–Crippen LogP) is 5.09. The zero-order chi connectivity index (χ0) is 19.7. The van der Waals surface area contributed by atoms with E-state index < -0.39 is 0 Å². The number of ether oxygens (including phenoxy) is 1. The molecule has 2 heterocycles. The van der Waals surface area contributed by atoms with Gasteiger partial charge in [-0.15, -0.1) is 0 Å². The van der Waals surface area contributed by atoms with Gasteiger partial charge in [-0.3, -0.25) is 4.79 Å². The Bertz CT molecular complexity index is 988. The minimum atomic E-state index is 0.162. The van der Waals surface area contributed by atoms with E-state index in [-0.39, 0.29) is 11.9 Å². The fourth-order valence-corrected chi connectivity index (χ4v) is 4.34. The van der Waals surface area contributed by atoms with Crippen LogP contribution in [-0.2, 0) is 11.2 Å². The van der Waals surface area contributed by atoms with E-state index >= 15 is 0 Å². The molecule has 1 aliphatic heterocycles. The molecule has 1 aromatic heterocycles. The van der Waals surface area contributed by atoms with Gasteiger partial charge in [-0.2, -0.15) is 0 Å². The van der Waals surface area contributed by atoms with Gasteiger partial charge in [-0.25, -0.2) is 0 Å². The Morgan fingerprint density at radius 2 is 1.96 bits per heavy atom. The number of amides is 1. The zero-order valence-corrected chi connectivity index (χ0v) is 16.9. The van der Waals surface area contributed by atoms with Crippen molar-refractivity contribution in [1.29, 1.82) is 0 Å². The first-order valence-electron chi connectivity index (χ1n) is 10.2. The van der Waals surface area contributed by atoms with Gasteiger partial charge in [0.05, 0.1) is 19.1 Å². The van der Waals surface area contributed by atoms with Gasteiger partial charge in [0.1, 0.15) is 5.75 Å². The number of benzene rings is 2. The average molecular weight is 376 g/mol. The minimum Gasteiger partial charge on any atom is -0.494 e. The summed E-state index contributed by atoms with van der Waals surface area (Å²) in [5, 5.41) is 1.17. The molecule has 2 aromatic carbocycles. The highest BCUT2D eigenvalue weighted by Crippen LogP contribution is 2.34. The quantitative estimate of drug-likeness (QED) is 0.674. The molecular formula is C24H28N2O2. The van der Waals surface area contributed by atoms with Gasteiger partial charge in [-0.1, -0.05) is 23.8 Å². The molecule has 4 nitrogen and oxygen atoms in total. The summed E-state index contributed by atoms with van der Waals surface area (Å²) in [4.78, 5) is 18.7. The lowest BCUT2D eigenvalue weighted by atomic mass is 10.0. The highest BCUT2D eigenvalue weighted by atomic mass is 16.5. The Labute approximate surface area is 166 Å². The van der Waals surface area contributed by atoms with Crippen molar-refractivity contribution in [2.24, 2.45) is 0 Å². The maximum atomic E-state index is 13.2. The monoisotopic (exact) mass is 376 g/mol. The number of hydrogen-bond donors (Lipinski definition) is 1. The van der Waals surface area contributed by atoms with Crippen LogP contribution < -0.4 is 4.74 Å². The van der Waals surface area contributed by atoms with Crippen LogP contribution in [0.3, 0.4) is 0 Å². The number of hydrogen-bond acceptors (Lipinski definition) is 2. The molecule has 28 heavy (non-hydrogen) atoms. The smallest absolute Gasteiger partial charge is 0.227 e. The average Bonchev–Trinajstić information content (AvgIpc) is 3.28. The van der Waals surface area contributed by atoms with Crippen LogP contribution in [0, 0.1) is 13.8 Å². The molecule has 4 rings (SSSR count). The maximum absolute atomic E-state index is 13.2. The number of H-pyrrole nitrogens is 1. The standard InChI is InChI=1S/C24H28N2O2/c1-4-28-19-10-8-18(9-11-19)23-6-5-13-26(23)24(27)15-20-17(3)25-22-12-7-16(2)14-21(20)22/h7-12,14,23,25H,4-6,13,15H2,1-3H3/t23-/m1/s1.